The number of hydrogen-bond acceptors (Lipinski definition) is 3. The second-order valence-corrected chi connectivity index (χ2v) is 6.36. The molecule has 1 aliphatic rings. The molecular formula is C15H10N2S2. The highest BCUT2D eigenvalue weighted by atomic mass is 32.2. The average molecular weight is 282 g/mol. The van der Waals surface area contributed by atoms with Gasteiger partial charge in [-0.2, -0.15) is 0 Å². The molecule has 92 valence electrons. The summed E-state index contributed by atoms with van der Waals surface area (Å²) in [6, 6.07) is 15.0. The van der Waals surface area contributed by atoms with Gasteiger partial charge in [0.25, 0.3) is 0 Å². The fourth-order valence-electron chi connectivity index (χ4n) is 2.14. The summed E-state index contributed by atoms with van der Waals surface area (Å²) in [5, 5.41) is 0. The minimum Gasteiger partial charge on any atom is -0.305 e. The Morgan fingerprint density at radius 3 is 2.42 bits per heavy atom. The summed E-state index contributed by atoms with van der Waals surface area (Å²) in [6.07, 6.45) is 5.65. The molecule has 0 atom stereocenters. The molecule has 1 aliphatic heterocycles. The molecule has 0 amide bonds. The van der Waals surface area contributed by atoms with Gasteiger partial charge in [0, 0.05) is 27.1 Å². The standard InChI is InChI=1S/C15H10N2S2/c1-2-6-13-12(5-1)18-14-7-3-4-11(15(14)19-13)17-9-8-16-10-17/h1-10H. The van der Waals surface area contributed by atoms with Crippen molar-refractivity contribution in [3.63, 3.8) is 0 Å². The van der Waals surface area contributed by atoms with Gasteiger partial charge in [-0.3, -0.25) is 0 Å². The molecule has 2 nitrogen and oxygen atoms in total. The third kappa shape index (κ3) is 1.88. The summed E-state index contributed by atoms with van der Waals surface area (Å²) < 4.78 is 2.07. The summed E-state index contributed by atoms with van der Waals surface area (Å²) >= 11 is 3.68. The van der Waals surface area contributed by atoms with Crippen LogP contribution in [0.5, 0.6) is 0 Å². The van der Waals surface area contributed by atoms with Crippen molar-refractivity contribution in [2.24, 2.45) is 0 Å². The molecule has 0 bridgehead atoms. The molecule has 0 unspecified atom stereocenters. The second kappa shape index (κ2) is 4.47. The van der Waals surface area contributed by atoms with Gasteiger partial charge >= 0.3 is 0 Å². The highest BCUT2D eigenvalue weighted by Gasteiger charge is 2.19. The van der Waals surface area contributed by atoms with Gasteiger partial charge in [-0.1, -0.05) is 41.7 Å². The summed E-state index contributed by atoms with van der Waals surface area (Å²) in [5.74, 6) is 0. The van der Waals surface area contributed by atoms with Crippen LogP contribution in [0.2, 0.25) is 0 Å². The molecule has 0 radical (unpaired) electrons. The van der Waals surface area contributed by atoms with Crippen molar-refractivity contribution in [2.45, 2.75) is 19.6 Å². The van der Waals surface area contributed by atoms with E-state index in [0.717, 1.165) is 0 Å². The first-order chi connectivity index (χ1) is 9.42. The van der Waals surface area contributed by atoms with E-state index in [1.807, 2.05) is 42.2 Å². The molecule has 1 aromatic heterocycles. The maximum atomic E-state index is 4.14. The number of benzene rings is 2. The lowest BCUT2D eigenvalue weighted by Crippen LogP contribution is -1.97. The maximum Gasteiger partial charge on any atom is 0.0992 e. The first-order valence-corrected chi connectivity index (χ1v) is 7.61. The summed E-state index contributed by atoms with van der Waals surface area (Å²) in [6.45, 7) is 0. The monoisotopic (exact) mass is 282 g/mol. The van der Waals surface area contributed by atoms with Gasteiger partial charge in [0.15, 0.2) is 0 Å². The van der Waals surface area contributed by atoms with Crippen molar-refractivity contribution in [2.75, 3.05) is 0 Å². The molecule has 0 aliphatic carbocycles. The van der Waals surface area contributed by atoms with E-state index in [-0.39, 0.29) is 0 Å². The molecule has 0 fully saturated rings. The lowest BCUT2D eigenvalue weighted by molar-refractivity contribution is 0.990. The van der Waals surface area contributed by atoms with Crippen molar-refractivity contribution in [3.05, 3.63) is 61.2 Å². The van der Waals surface area contributed by atoms with Crippen molar-refractivity contribution in [1.82, 2.24) is 9.55 Å². The van der Waals surface area contributed by atoms with E-state index >= 15 is 0 Å². The van der Waals surface area contributed by atoms with Gasteiger partial charge in [0.2, 0.25) is 0 Å². The smallest absolute Gasteiger partial charge is 0.0992 e. The number of fused-ring (bicyclic) bond motifs is 2. The Kier molecular flexibility index (Phi) is 2.64. The number of rotatable bonds is 1. The van der Waals surface area contributed by atoms with Gasteiger partial charge in [0.1, 0.15) is 0 Å². The number of hydrogen-bond donors (Lipinski definition) is 0. The van der Waals surface area contributed by atoms with Crippen molar-refractivity contribution < 1.29 is 0 Å². The fourth-order valence-corrected chi connectivity index (χ4v) is 4.52. The molecule has 0 N–H and O–H groups in total. The zero-order valence-corrected chi connectivity index (χ0v) is 11.6. The van der Waals surface area contributed by atoms with E-state index in [4.69, 9.17) is 0 Å². The van der Waals surface area contributed by atoms with Gasteiger partial charge in [-0.05, 0) is 24.3 Å². The Morgan fingerprint density at radius 2 is 1.63 bits per heavy atom. The van der Waals surface area contributed by atoms with E-state index in [9.17, 15) is 0 Å². The molecule has 0 saturated heterocycles. The van der Waals surface area contributed by atoms with Crippen LogP contribution in [0.3, 0.4) is 0 Å². The largest absolute Gasteiger partial charge is 0.305 e. The predicted octanol–water partition coefficient (Wildman–Crippen LogP) is 4.49. The normalized spacial score (nSPS) is 12.8. The average Bonchev–Trinajstić information content (AvgIpc) is 2.98. The number of imidazole rings is 1. The first kappa shape index (κ1) is 11.2. The Morgan fingerprint density at radius 1 is 0.842 bits per heavy atom. The van der Waals surface area contributed by atoms with E-state index in [1.165, 1.54) is 25.3 Å². The number of nitrogens with zero attached hydrogens (tertiary/aromatic N) is 2. The zero-order chi connectivity index (χ0) is 12.7. The Balaban J connectivity index is 1.88. The molecule has 4 heteroatoms. The Bertz CT molecular complexity index is 736. The zero-order valence-electron chi connectivity index (χ0n) is 9.98. The van der Waals surface area contributed by atoms with Gasteiger partial charge in [-0.25, -0.2) is 4.98 Å². The molecule has 2 aromatic carbocycles. The fraction of sp³-hybridized carbons (Fsp3) is 0. The third-order valence-electron chi connectivity index (χ3n) is 3.02. The Hall–Kier alpha value is -1.65. The van der Waals surface area contributed by atoms with Gasteiger partial charge in [-0.15, -0.1) is 0 Å². The van der Waals surface area contributed by atoms with Crippen LogP contribution < -0.4 is 0 Å². The van der Waals surface area contributed by atoms with Crippen LogP contribution >= 0.6 is 23.5 Å². The topological polar surface area (TPSA) is 17.8 Å². The summed E-state index contributed by atoms with van der Waals surface area (Å²) in [5.41, 5.74) is 1.20. The lowest BCUT2D eigenvalue weighted by Gasteiger charge is -2.20. The van der Waals surface area contributed by atoms with E-state index in [1.54, 1.807) is 0 Å². The molecule has 3 aromatic rings. The maximum absolute atomic E-state index is 4.14. The van der Waals surface area contributed by atoms with E-state index in [0.29, 0.717) is 0 Å². The molecule has 2 heterocycles. The summed E-state index contributed by atoms with van der Waals surface area (Å²) in [7, 11) is 0. The van der Waals surface area contributed by atoms with Crippen LogP contribution in [-0.2, 0) is 0 Å². The Labute approximate surface area is 119 Å². The van der Waals surface area contributed by atoms with Crippen LogP contribution in [-0.4, -0.2) is 9.55 Å². The van der Waals surface area contributed by atoms with Crippen molar-refractivity contribution >= 4 is 23.5 Å². The molecule has 19 heavy (non-hydrogen) atoms. The first-order valence-electron chi connectivity index (χ1n) is 5.98. The molecular weight excluding hydrogens is 272 g/mol. The van der Waals surface area contributed by atoms with Crippen LogP contribution in [0, 0.1) is 0 Å². The number of aromatic nitrogens is 2. The second-order valence-electron chi connectivity index (χ2n) is 4.23. The highest BCUT2D eigenvalue weighted by Crippen LogP contribution is 2.50. The van der Waals surface area contributed by atoms with Crippen LogP contribution in [0.4, 0.5) is 0 Å². The molecule has 4 rings (SSSR count). The lowest BCUT2D eigenvalue weighted by atomic mass is 10.3. The minimum absolute atomic E-state index is 1.20. The van der Waals surface area contributed by atoms with Crippen LogP contribution in [0.15, 0.2) is 80.8 Å². The van der Waals surface area contributed by atoms with Crippen LogP contribution in [0.1, 0.15) is 0 Å². The van der Waals surface area contributed by atoms with Crippen molar-refractivity contribution in [1.29, 1.82) is 0 Å². The predicted molar refractivity (Wildman–Crippen MR) is 78.3 cm³/mol. The SMILES string of the molecule is c1ccc2c(c1)Sc1cccc(-n3ccnc3)c1S2. The molecule has 0 spiro atoms. The quantitative estimate of drug-likeness (QED) is 0.512. The minimum atomic E-state index is 1.20. The van der Waals surface area contributed by atoms with Gasteiger partial charge < -0.3 is 4.57 Å². The van der Waals surface area contributed by atoms with E-state index in [2.05, 4.69) is 52.0 Å². The summed E-state index contributed by atoms with van der Waals surface area (Å²) in [4.78, 5) is 9.43. The van der Waals surface area contributed by atoms with Gasteiger partial charge in [0.05, 0.1) is 16.9 Å². The van der Waals surface area contributed by atoms with Crippen LogP contribution in [0.25, 0.3) is 5.69 Å². The third-order valence-corrected chi connectivity index (χ3v) is 5.63. The molecule has 0 saturated carbocycles. The van der Waals surface area contributed by atoms with E-state index < -0.39 is 0 Å². The highest BCUT2D eigenvalue weighted by molar-refractivity contribution is 8.05. The van der Waals surface area contributed by atoms with Crippen molar-refractivity contribution in [3.8, 4) is 5.69 Å².